The predicted octanol–water partition coefficient (Wildman–Crippen LogP) is 2.91. The molecule has 0 fully saturated rings. The summed E-state index contributed by atoms with van der Waals surface area (Å²) in [6.45, 7) is 5.71. The maximum absolute atomic E-state index is 10.9. The van der Waals surface area contributed by atoms with Gasteiger partial charge in [0.05, 0.1) is 7.11 Å². The second-order valence-corrected chi connectivity index (χ2v) is 3.75. The van der Waals surface area contributed by atoms with E-state index in [0.29, 0.717) is 6.42 Å². The van der Waals surface area contributed by atoms with Crippen LogP contribution in [0.15, 0.2) is 11.6 Å². The lowest BCUT2D eigenvalue weighted by molar-refractivity contribution is 0.0102. The lowest BCUT2D eigenvalue weighted by Crippen LogP contribution is -2.29. The third-order valence-corrected chi connectivity index (χ3v) is 1.95. The summed E-state index contributed by atoms with van der Waals surface area (Å²) in [5.74, 6) is 2.47. The lowest BCUT2D eigenvalue weighted by atomic mass is 10.0. The molecule has 0 rings (SSSR count). The van der Waals surface area contributed by atoms with Gasteiger partial charge in [0.2, 0.25) is 0 Å². The van der Waals surface area contributed by atoms with Crippen molar-refractivity contribution in [1.29, 1.82) is 0 Å². The molecule has 0 bridgehead atoms. The van der Waals surface area contributed by atoms with Gasteiger partial charge in [0.15, 0.2) is 5.60 Å². The van der Waals surface area contributed by atoms with Crippen molar-refractivity contribution in [1.82, 2.24) is 0 Å². The Labute approximate surface area is 91.5 Å². The van der Waals surface area contributed by atoms with Gasteiger partial charge in [-0.1, -0.05) is 17.6 Å². The Bertz CT molecular complexity index is 282. The van der Waals surface area contributed by atoms with Crippen molar-refractivity contribution in [2.24, 2.45) is 0 Å². The molecule has 0 N–H and O–H groups in total. The van der Waals surface area contributed by atoms with Gasteiger partial charge in [0.1, 0.15) is 0 Å². The second-order valence-electron chi connectivity index (χ2n) is 3.75. The molecule has 0 aliphatic rings. The molecule has 0 saturated carbocycles. The summed E-state index contributed by atoms with van der Waals surface area (Å²) in [4.78, 5) is 10.9. The number of hydrogen-bond acceptors (Lipinski definition) is 3. The minimum Gasteiger partial charge on any atom is -0.438 e. The molecule has 3 heteroatoms. The molecule has 0 amide bonds. The van der Waals surface area contributed by atoms with Gasteiger partial charge in [0, 0.05) is 6.42 Å². The smallest absolute Gasteiger partial charge is 0.438 e. The Balaban J connectivity index is 4.27. The molecule has 0 aliphatic heterocycles. The van der Waals surface area contributed by atoms with Crippen molar-refractivity contribution < 1.29 is 14.3 Å². The van der Waals surface area contributed by atoms with E-state index in [0.717, 1.165) is 6.42 Å². The molecule has 1 atom stereocenters. The minimum atomic E-state index is -0.890. The Hall–Kier alpha value is -1.43. The summed E-state index contributed by atoms with van der Waals surface area (Å²) in [6, 6.07) is 0. The molecule has 0 aromatic heterocycles. The maximum Gasteiger partial charge on any atom is 0.509 e. The zero-order valence-corrected chi connectivity index (χ0v) is 9.79. The van der Waals surface area contributed by atoms with Crippen LogP contribution in [-0.2, 0) is 9.47 Å². The molecule has 0 aliphatic carbocycles. The fourth-order valence-corrected chi connectivity index (χ4v) is 1.01. The predicted molar refractivity (Wildman–Crippen MR) is 59.4 cm³/mol. The van der Waals surface area contributed by atoms with Crippen LogP contribution in [0.3, 0.4) is 0 Å². The van der Waals surface area contributed by atoms with Crippen molar-refractivity contribution in [2.45, 2.75) is 39.2 Å². The molecule has 0 radical (unpaired) electrons. The van der Waals surface area contributed by atoms with Gasteiger partial charge in [-0.2, -0.15) is 0 Å². The fraction of sp³-hybridized carbons (Fsp3) is 0.583. The van der Waals surface area contributed by atoms with Crippen LogP contribution >= 0.6 is 0 Å². The fourth-order valence-electron chi connectivity index (χ4n) is 1.01. The van der Waals surface area contributed by atoms with E-state index in [1.165, 1.54) is 12.7 Å². The number of methoxy groups -OCH3 is 1. The van der Waals surface area contributed by atoms with Crippen LogP contribution in [0.1, 0.15) is 33.6 Å². The number of carbonyl (C=O) groups is 1. The molecule has 0 spiro atoms. The van der Waals surface area contributed by atoms with Gasteiger partial charge in [-0.15, -0.1) is 6.42 Å². The Kier molecular flexibility index (Phi) is 5.54. The van der Waals surface area contributed by atoms with Crippen LogP contribution in [-0.4, -0.2) is 18.9 Å². The van der Waals surface area contributed by atoms with Gasteiger partial charge in [-0.25, -0.2) is 4.79 Å². The average Bonchev–Trinajstić information content (AvgIpc) is 2.17. The maximum atomic E-state index is 10.9. The summed E-state index contributed by atoms with van der Waals surface area (Å²) in [6.07, 6.45) is 8.00. The molecule has 0 aromatic rings. The highest BCUT2D eigenvalue weighted by Gasteiger charge is 2.25. The van der Waals surface area contributed by atoms with E-state index >= 15 is 0 Å². The van der Waals surface area contributed by atoms with Crippen LogP contribution in [0.5, 0.6) is 0 Å². The van der Waals surface area contributed by atoms with Gasteiger partial charge >= 0.3 is 6.16 Å². The van der Waals surface area contributed by atoms with E-state index in [-0.39, 0.29) is 0 Å². The molecule has 1 unspecified atom stereocenters. The van der Waals surface area contributed by atoms with Crippen molar-refractivity contribution in [3.8, 4) is 12.3 Å². The zero-order chi connectivity index (χ0) is 11.9. The first-order valence-corrected chi connectivity index (χ1v) is 4.81. The molecule has 0 saturated heterocycles. The first-order chi connectivity index (χ1) is 6.93. The van der Waals surface area contributed by atoms with Crippen molar-refractivity contribution in [3.05, 3.63) is 11.6 Å². The third-order valence-electron chi connectivity index (χ3n) is 1.95. The zero-order valence-electron chi connectivity index (χ0n) is 9.79. The molecular weight excluding hydrogens is 192 g/mol. The summed E-state index contributed by atoms with van der Waals surface area (Å²) < 4.78 is 9.39. The van der Waals surface area contributed by atoms with Crippen molar-refractivity contribution in [2.75, 3.05) is 7.11 Å². The molecule has 0 aromatic carbocycles. The third kappa shape index (κ3) is 5.79. The molecule has 15 heavy (non-hydrogen) atoms. The van der Waals surface area contributed by atoms with Crippen LogP contribution in [0, 0.1) is 12.3 Å². The number of allylic oxidation sites excluding steroid dienone is 2. The summed E-state index contributed by atoms with van der Waals surface area (Å²) >= 11 is 0. The average molecular weight is 210 g/mol. The van der Waals surface area contributed by atoms with E-state index in [1.54, 1.807) is 6.92 Å². The Morgan fingerprint density at radius 2 is 2.13 bits per heavy atom. The van der Waals surface area contributed by atoms with E-state index < -0.39 is 11.8 Å². The Morgan fingerprint density at radius 3 is 2.53 bits per heavy atom. The van der Waals surface area contributed by atoms with Gasteiger partial charge in [-0.05, 0) is 27.2 Å². The second kappa shape index (κ2) is 6.13. The highest BCUT2D eigenvalue weighted by atomic mass is 16.7. The Morgan fingerprint density at radius 1 is 1.53 bits per heavy atom. The molecule has 84 valence electrons. The van der Waals surface area contributed by atoms with E-state index in [9.17, 15) is 4.79 Å². The van der Waals surface area contributed by atoms with Crippen LogP contribution in [0.4, 0.5) is 4.79 Å². The number of ether oxygens (including phenoxy) is 2. The van der Waals surface area contributed by atoms with Gasteiger partial charge < -0.3 is 9.47 Å². The summed E-state index contributed by atoms with van der Waals surface area (Å²) in [5, 5.41) is 0. The first kappa shape index (κ1) is 13.6. The highest BCUT2D eigenvalue weighted by molar-refractivity contribution is 5.60. The van der Waals surface area contributed by atoms with Gasteiger partial charge in [-0.3, -0.25) is 0 Å². The normalized spacial score (nSPS) is 13.3. The number of terminal acetylenes is 1. The topological polar surface area (TPSA) is 35.5 Å². The number of carbonyl (C=O) groups excluding carboxylic acids is 1. The van der Waals surface area contributed by atoms with Crippen molar-refractivity contribution in [3.63, 3.8) is 0 Å². The standard InChI is InChI=1S/C12H18O3/c1-6-12(4,15-11(13)14-5)9-7-8-10(2)3/h1,8H,7,9H2,2-5H3. The molecule has 3 nitrogen and oxygen atoms in total. The van der Waals surface area contributed by atoms with Crippen molar-refractivity contribution >= 4 is 6.16 Å². The number of rotatable bonds is 4. The summed E-state index contributed by atoms with van der Waals surface area (Å²) in [7, 11) is 1.26. The molecule has 0 heterocycles. The van der Waals surface area contributed by atoms with Crippen LogP contribution in [0.2, 0.25) is 0 Å². The van der Waals surface area contributed by atoms with Crippen LogP contribution < -0.4 is 0 Å². The van der Waals surface area contributed by atoms with E-state index in [2.05, 4.69) is 16.7 Å². The van der Waals surface area contributed by atoms with E-state index in [4.69, 9.17) is 11.2 Å². The quantitative estimate of drug-likeness (QED) is 0.406. The lowest BCUT2D eigenvalue weighted by Gasteiger charge is -2.22. The van der Waals surface area contributed by atoms with Crippen LogP contribution in [0.25, 0.3) is 0 Å². The largest absolute Gasteiger partial charge is 0.509 e. The van der Waals surface area contributed by atoms with Gasteiger partial charge in [0.25, 0.3) is 0 Å². The minimum absolute atomic E-state index is 0.587. The highest BCUT2D eigenvalue weighted by Crippen LogP contribution is 2.18. The number of hydrogen-bond donors (Lipinski definition) is 0. The SMILES string of the molecule is C#CC(C)(CCC=C(C)C)OC(=O)OC. The molecular formula is C12H18O3. The monoisotopic (exact) mass is 210 g/mol. The summed E-state index contributed by atoms with van der Waals surface area (Å²) in [5.41, 5.74) is 0.325. The van der Waals surface area contributed by atoms with E-state index in [1.807, 2.05) is 13.8 Å². The first-order valence-electron chi connectivity index (χ1n) is 4.81.